The van der Waals surface area contributed by atoms with Gasteiger partial charge >= 0.3 is 0 Å². The van der Waals surface area contributed by atoms with E-state index in [1.54, 1.807) is 7.11 Å². The van der Waals surface area contributed by atoms with Crippen molar-refractivity contribution in [2.75, 3.05) is 13.7 Å². The zero-order valence-electron chi connectivity index (χ0n) is 11.9. The number of benzene rings is 2. The van der Waals surface area contributed by atoms with E-state index < -0.39 is 0 Å². The van der Waals surface area contributed by atoms with Crippen LogP contribution in [0.15, 0.2) is 48.5 Å². The van der Waals surface area contributed by atoms with E-state index in [-0.39, 0.29) is 0 Å². The molecule has 1 heterocycles. The zero-order chi connectivity index (χ0) is 13.8. The molecule has 2 aromatic carbocycles. The van der Waals surface area contributed by atoms with Crippen LogP contribution in [0.25, 0.3) is 0 Å². The lowest BCUT2D eigenvalue weighted by molar-refractivity contribution is 0.411. The van der Waals surface area contributed by atoms with E-state index >= 15 is 0 Å². The Kier molecular flexibility index (Phi) is 4.03. The molecule has 0 fully saturated rings. The van der Waals surface area contributed by atoms with Crippen LogP contribution in [0.2, 0.25) is 0 Å². The van der Waals surface area contributed by atoms with Gasteiger partial charge in [0.05, 0.1) is 7.11 Å². The van der Waals surface area contributed by atoms with Crippen molar-refractivity contribution in [2.45, 2.75) is 25.3 Å². The molecule has 0 amide bonds. The highest BCUT2D eigenvalue weighted by atomic mass is 16.5. The van der Waals surface area contributed by atoms with Crippen LogP contribution in [-0.4, -0.2) is 13.7 Å². The number of ether oxygens (including phenoxy) is 1. The van der Waals surface area contributed by atoms with Crippen LogP contribution >= 0.6 is 0 Å². The Hall–Kier alpha value is -1.80. The summed E-state index contributed by atoms with van der Waals surface area (Å²) in [5, 5.41) is 3.64. The number of methoxy groups -OCH3 is 1. The Morgan fingerprint density at radius 1 is 1.15 bits per heavy atom. The zero-order valence-corrected chi connectivity index (χ0v) is 11.9. The van der Waals surface area contributed by atoms with Crippen LogP contribution < -0.4 is 10.1 Å². The highest BCUT2D eigenvalue weighted by molar-refractivity contribution is 5.39. The van der Waals surface area contributed by atoms with E-state index in [1.165, 1.54) is 16.7 Å². The third kappa shape index (κ3) is 2.86. The molecule has 0 bridgehead atoms. The largest absolute Gasteiger partial charge is 0.497 e. The van der Waals surface area contributed by atoms with Crippen molar-refractivity contribution in [3.05, 3.63) is 65.2 Å². The summed E-state index contributed by atoms with van der Waals surface area (Å²) in [5.74, 6) is 0.965. The molecule has 1 aliphatic rings. The SMILES string of the molecule is COc1ccc2c(c1)CCNC2CCc1ccccc1. The van der Waals surface area contributed by atoms with Gasteiger partial charge in [0.2, 0.25) is 0 Å². The van der Waals surface area contributed by atoms with Gasteiger partial charge in [-0.25, -0.2) is 0 Å². The standard InChI is InChI=1S/C18H21NO/c1-20-16-8-9-17-15(13-16)11-12-19-18(17)10-7-14-5-3-2-4-6-14/h2-6,8-9,13,18-19H,7,10-12H2,1H3. The predicted molar refractivity (Wildman–Crippen MR) is 82.2 cm³/mol. The molecule has 1 unspecified atom stereocenters. The maximum absolute atomic E-state index is 5.32. The third-order valence-corrected chi connectivity index (χ3v) is 4.08. The topological polar surface area (TPSA) is 21.3 Å². The fraction of sp³-hybridized carbons (Fsp3) is 0.333. The van der Waals surface area contributed by atoms with Crippen molar-refractivity contribution in [3.63, 3.8) is 0 Å². The average molecular weight is 267 g/mol. The van der Waals surface area contributed by atoms with Gasteiger partial charge in [0.15, 0.2) is 0 Å². The summed E-state index contributed by atoms with van der Waals surface area (Å²) in [4.78, 5) is 0. The smallest absolute Gasteiger partial charge is 0.119 e. The molecule has 0 radical (unpaired) electrons. The number of fused-ring (bicyclic) bond motifs is 1. The molecular weight excluding hydrogens is 246 g/mol. The second-order valence-corrected chi connectivity index (χ2v) is 5.35. The molecule has 1 N–H and O–H groups in total. The maximum atomic E-state index is 5.32. The molecule has 104 valence electrons. The first-order valence-electron chi connectivity index (χ1n) is 7.31. The highest BCUT2D eigenvalue weighted by Crippen LogP contribution is 2.29. The van der Waals surface area contributed by atoms with Crippen molar-refractivity contribution in [2.24, 2.45) is 0 Å². The van der Waals surface area contributed by atoms with Gasteiger partial charge < -0.3 is 10.1 Å². The minimum absolute atomic E-state index is 0.463. The minimum atomic E-state index is 0.463. The van der Waals surface area contributed by atoms with E-state index in [4.69, 9.17) is 4.74 Å². The number of aryl methyl sites for hydroxylation is 1. The Morgan fingerprint density at radius 3 is 2.80 bits per heavy atom. The first-order chi connectivity index (χ1) is 9.86. The molecule has 2 nitrogen and oxygen atoms in total. The highest BCUT2D eigenvalue weighted by Gasteiger charge is 2.19. The van der Waals surface area contributed by atoms with Crippen LogP contribution in [-0.2, 0) is 12.8 Å². The molecule has 0 saturated heterocycles. The fourth-order valence-corrected chi connectivity index (χ4v) is 2.97. The Bertz CT molecular complexity index is 565. The van der Waals surface area contributed by atoms with Gasteiger partial charge in [-0.15, -0.1) is 0 Å². The Labute approximate surface area is 120 Å². The molecule has 1 atom stereocenters. The van der Waals surface area contributed by atoms with Crippen LogP contribution in [0.5, 0.6) is 5.75 Å². The van der Waals surface area contributed by atoms with E-state index in [1.807, 2.05) is 0 Å². The summed E-state index contributed by atoms with van der Waals surface area (Å²) >= 11 is 0. The first-order valence-corrected chi connectivity index (χ1v) is 7.31. The number of hydrogen-bond acceptors (Lipinski definition) is 2. The first kappa shape index (κ1) is 13.2. The molecule has 0 aromatic heterocycles. The quantitative estimate of drug-likeness (QED) is 0.915. The molecule has 3 rings (SSSR count). The molecule has 2 heteroatoms. The van der Waals surface area contributed by atoms with Gasteiger partial charge in [0.25, 0.3) is 0 Å². The van der Waals surface area contributed by atoms with Gasteiger partial charge in [-0.3, -0.25) is 0 Å². The molecule has 1 aliphatic heterocycles. The summed E-state index contributed by atoms with van der Waals surface area (Å²) in [6.07, 6.45) is 3.35. The fourth-order valence-electron chi connectivity index (χ4n) is 2.97. The third-order valence-electron chi connectivity index (χ3n) is 4.08. The Balaban J connectivity index is 1.73. The van der Waals surface area contributed by atoms with Crippen molar-refractivity contribution in [3.8, 4) is 5.75 Å². The molecule has 2 aromatic rings. The normalized spacial score (nSPS) is 17.6. The van der Waals surface area contributed by atoms with Crippen molar-refractivity contribution < 1.29 is 4.74 Å². The summed E-state index contributed by atoms with van der Waals surface area (Å²) in [6.45, 7) is 1.06. The van der Waals surface area contributed by atoms with Crippen LogP contribution in [0, 0.1) is 0 Å². The lowest BCUT2D eigenvalue weighted by Crippen LogP contribution is -2.30. The lowest BCUT2D eigenvalue weighted by Gasteiger charge is -2.27. The van der Waals surface area contributed by atoms with Gasteiger partial charge in [-0.2, -0.15) is 0 Å². The second-order valence-electron chi connectivity index (χ2n) is 5.35. The minimum Gasteiger partial charge on any atom is -0.497 e. The number of nitrogens with one attached hydrogen (secondary N) is 1. The van der Waals surface area contributed by atoms with Crippen LogP contribution in [0.3, 0.4) is 0 Å². The number of rotatable bonds is 4. The van der Waals surface area contributed by atoms with Gasteiger partial charge in [-0.05, 0) is 54.6 Å². The van der Waals surface area contributed by atoms with Gasteiger partial charge in [0.1, 0.15) is 5.75 Å². The molecule has 0 saturated carbocycles. The van der Waals surface area contributed by atoms with Gasteiger partial charge in [-0.1, -0.05) is 36.4 Å². The second kappa shape index (κ2) is 6.10. The summed E-state index contributed by atoms with van der Waals surface area (Å²) in [6, 6.07) is 17.7. The van der Waals surface area contributed by atoms with Crippen LogP contribution in [0.1, 0.15) is 29.2 Å². The monoisotopic (exact) mass is 267 g/mol. The lowest BCUT2D eigenvalue weighted by atomic mass is 9.90. The number of hydrogen-bond donors (Lipinski definition) is 1. The molecule has 20 heavy (non-hydrogen) atoms. The summed E-state index contributed by atoms with van der Waals surface area (Å²) in [7, 11) is 1.73. The van der Waals surface area contributed by atoms with E-state index in [2.05, 4.69) is 53.8 Å². The van der Waals surface area contributed by atoms with E-state index in [0.29, 0.717) is 6.04 Å². The summed E-state index contributed by atoms with van der Waals surface area (Å²) in [5.41, 5.74) is 4.28. The van der Waals surface area contributed by atoms with Crippen molar-refractivity contribution in [1.82, 2.24) is 5.32 Å². The summed E-state index contributed by atoms with van der Waals surface area (Å²) < 4.78 is 5.32. The molecular formula is C18H21NO. The average Bonchev–Trinajstić information content (AvgIpc) is 2.53. The van der Waals surface area contributed by atoms with Crippen LogP contribution in [0.4, 0.5) is 0 Å². The maximum Gasteiger partial charge on any atom is 0.119 e. The molecule has 0 aliphatic carbocycles. The van der Waals surface area contributed by atoms with E-state index in [9.17, 15) is 0 Å². The van der Waals surface area contributed by atoms with Gasteiger partial charge in [0, 0.05) is 6.04 Å². The van der Waals surface area contributed by atoms with Crippen molar-refractivity contribution >= 4 is 0 Å². The van der Waals surface area contributed by atoms with Crippen molar-refractivity contribution in [1.29, 1.82) is 0 Å². The molecule has 0 spiro atoms. The predicted octanol–water partition coefficient (Wildman–Crippen LogP) is 3.51. The van der Waals surface area contributed by atoms with E-state index in [0.717, 1.165) is 31.6 Å². The Morgan fingerprint density at radius 2 is 2.00 bits per heavy atom.